The molecule has 18 heavy (non-hydrogen) atoms. The minimum absolute atomic E-state index is 0.145. The van der Waals surface area contributed by atoms with Crippen LogP contribution in [0.3, 0.4) is 0 Å². The van der Waals surface area contributed by atoms with E-state index in [2.05, 4.69) is 40.7 Å². The molecular formula is C15H20BrNO. The Bertz CT molecular complexity index is 458. The van der Waals surface area contributed by atoms with Gasteiger partial charge in [-0.25, -0.2) is 0 Å². The number of carbonyl (C=O) groups is 1. The highest BCUT2D eigenvalue weighted by molar-refractivity contribution is 9.10. The van der Waals surface area contributed by atoms with E-state index in [0.29, 0.717) is 12.1 Å². The van der Waals surface area contributed by atoms with Gasteiger partial charge in [-0.3, -0.25) is 4.79 Å². The lowest BCUT2D eigenvalue weighted by Crippen LogP contribution is -2.35. The van der Waals surface area contributed by atoms with E-state index in [1.165, 1.54) is 12.8 Å². The van der Waals surface area contributed by atoms with Crippen LogP contribution in [0.5, 0.6) is 0 Å². The van der Waals surface area contributed by atoms with Crippen molar-refractivity contribution in [2.45, 2.75) is 52.1 Å². The van der Waals surface area contributed by atoms with Crippen LogP contribution < -0.4 is 4.90 Å². The number of halogens is 1. The highest BCUT2D eigenvalue weighted by atomic mass is 79.9. The van der Waals surface area contributed by atoms with Gasteiger partial charge < -0.3 is 4.90 Å². The molecule has 0 amide bonds. The lowest BCUT2D eigenvalue weighted by atomic mass is 10.1. The van der Waals surface area contributed by atoms with Crippen LogP contribution in [-0.4, -0.2) is 17.9 Å². The number of carbonyl (C=O) groups excluding carboxylic acids is 1. The Morgan fingerprint density at radius 2 is 2.17 bits per heavy atom. The van der Waals surface area contributed by atoms with Crippen LogP contribution >= 0.6 is 15.9 Å². The molecule has 1 saturated heterocycles. The molecule has 1 heterocycles. The van der Waals surface area contributed by atoms with Gasteiger partial charge in [0.1, 0.15) is 0 Å². The van der Waals surface area contributed by atoms with Gasteiger partial charge in [-0.1, -0.05) is 22.9 Å². The van der Waals surface area contributed by atoms with Gasteiger partial charge in [0.05, 0.1) is 0 Å². The maximum atomic E-state index is 11.8. The Morgan fingerprint density at radius 3 is 2.78 bits per heavy atom. The summed E-state index contributed by atoms with van der Waals surface area (Å²) in [4.78, 5) is 14.2. The van der Waals surface area contributed by atoms with E-state index >= 15 is 0 Å². The van der Waals surface area contributed by atoms with E-state index in [-0.39, 0.29) is 5.78 Å². The number of anilines is 1. The van der Waals surface area contributed by atoms with Crippen molar-refractivity contribution >= 4 is 27.4 Å². The number of rotatable bonds is 3. The third kappa shape index (κ3) is 2.46. The second-order valence-corrected chi connectivity index (χ2v) is 6.03. The fourth-order valence-electron chi connectivity index (χ4n) is 2.92. The lowest BCUT2D eigenvalue weighted by Gasteiger charge is -2.32. The summed E-state index contributed by atoms with van der Waals surface area (Å²) in [5.74, 6) is 0.145. The van der Waals surface area contributed by atoms with Gasteiger partial charge in [-0.2, -0.15) is 0 Å². The van der Waals surface area contributed by atoms with Crippen molar-refractivity contribution in [2.24, 2.45) is 0 Å². The summed E-state index contributed by atoms with van der Waals surface area (Å²) in [5, 5.41) is 0. The minimum atomic E-state index is 0.145. The molecule has 1 aliphatic rings. The fraction of sp³-hybridized carbons (Fsp3) is 0.533. The SMILES string of the molecule is CCC1CCC(C)N1c1cc(Br)ccc1C(C)=O. The molecule has 98 valence electrons. The molecule has 1 aliphatic heterocycles. The van der Waals surface area contributed by atoms with E-state index in [1.807, 2.05) is 12.1 Å². The van der Waals surface area contributed by atoms with Crippen LogP contribution in [0.1, 0.15) is 50.4 Å². The second-order valence-electron chi connectivity index (χ2n) is 5.11. The van der Waals surface area contributed by atoms with E-state index in [1.54, 1.807) is 6.92 Å². The first-order chi connectivity index (χ1) is 8.54. The molecule has 0 saturated carbocycles. The first kappa shape index (κ1) is 13.6. The smallest absolute Gasteiger partial charge is 0.161 e. The van der Waals surface area contributed by atoms with Crippen molar-refractivity contribution in [1.29, 1.82) is 0 Å². The Kier molecular flexibility index (Phi) is 4.10. The number of benzene rings is 1. The van der Waals surface area contributed by atoms with Gasteiger partial charge >= 0.3 is 0 Å². The summed E-state index contributed by atoms with van der Waals surface area (Å²) in [5.41, 5.74) is 1.93. The van der Waals surface area contributed by atoms with Crippen molar-refractivity contribution in [3.63, 3.8) is 0 Å². The predicted octanol–water partition coefficient (Wildman–Crippen LogP) is 4.42. The molecule has 0 aliphatic carbocycles. The van der Waals surface area contributed by atoms with E-state index in [9.17, 15) is 4.79 Å². The summed E-state index contributed by atoms with van der Waals surface area (Å²) < 4.78 is 1.04. The normalized spacial score (nSPS) is 23.4. The molecule has 2 nitrogen and oxygen atoms in total. The standard InChI is InChI=1S/C15H20BrNO/c1-4-13-7-5-10(2)17(13)15-9-12(16)6-8-14(15)11(3)18/h6,8-10,13H,4-5,7H2,1-3H3. The monoisotopic (exact) mass is 309 g/mol. The van der Waals surface area contributed by atoms with Crippen LogP contribution in [-0.2, 0) is 0 Å². The molecule has 0 bridgehead atoms. The van der Waals surface area contributed by atoms with E-state index in [4.69, 9.17) is 0 Å². The Balaban J connectivity index is 2.48. The van der Waals surface area contributed by atoms with E-state index < -0.39 is 0 Å². The number of hydrogen-bond acceptors (Lipinski definition) is 2. The van der Waals surface area contributed by atoms with Crippen molar-refractivity contribution in [3.05, 3.63) is 28.2 Å². The largest absolute Gasteiger partial charge is 0.365 e. The molecule has 0 spiro atoms. The van der Waals surface area contributed by atoms with Crippen molar-refractivity contribution in [2.75, 3.05) is 4.90 Å². The summed E-state index contributed by atoms with van der Waals surface area (Å²) >= 11 is 3.52. The maximum absolute atomic E-state index is 11.8. The number of nitrogens with zero attached hydrogens (tertiary/aromatic N) is 1. The molecule has 0 radical (unpaired) electrons. The van der Waals surface area contributed by atoms with Crippen LogP contribution in [0.2, 0.25) is 0 Å². The van der Waals surface area contributed by atoms with Crippen molar-refractivity contribution in [3.8, 4) is 0 Å². The quantitative estimate of drug-likeness (QED) is 0.770. The lowest BCUT2D eigenvalue weighted by molar-refractivity contribution is 0.101. The van der Waals surface area contributed by atoms with Gasteiger partial charge in [0, 0.05) is 27.8 Å². The summed E-state index contributed by atoms with van der Waals surface area (Å²) in [6.45, 7) is 6.12. The molecule has 2 rings (SSSR count). The molecule has 3 heteroatoms. The van der Waals surface area contributed by atoms with Gasteiger partial charge in [-0.15, -0.1) is 0 Å². The zero-order valence-corrected chi connectivity index (χ0v) is 12.8. The van der Waals surface area contributed by atoms with Gasteiger partial charge in [0.15, 0.2) is 5.78 Å². The van der Waals surface area contributed by atoms with Gasteiger partial charge in [-0.05, 0) is 51.3 Å². The number of Topliss-reactive ketones (excluding diaryl/α,β-unsaturated/α-hetero) is 1. The van der Waals surface area contributed by atoms with Crippen LogP contribution in [0.25, 0.3) is 0 Å². The topological polar surface area (TPSA) is 20.3 Å². The minimum Gasteiger partial charge on any atom is -0.365 e. The molecule has 2 unspecified atom stereocenters. The molecule has 2 atom stereocenters. The maximum Gasteiger partial charge on any atom is 0.161 e. The molecular weight excluding hydrogens is 290 g/mol. The van der Waals surface area contributed by atoms with E-state index in [0.717, 1.165) is 22.1 Å². The van der Waals surface area contributed by atoms with Crippen molar-refractivity contribution in [1.82, 2.24) is 0 Å². The van der Waals surface area contributed by atoms with Crippen LogP contribution in [0.15, 0.2) is 22.7 Å². The molecule has 1 fully saturated rings. The first-order valence-corrected chi connectivity index (χ1v) is 7.42. The van der Waals surface area contributed by atoms with Crippen molar-refractivity contribution < 1.29 is 4.79 Å². The third-order valence-electron chi connectivity index (χ3n) is 3.87. The van der Waals surface area contributed by atoms with Gasteiger partial charge in [0.25, 0.3) is 0 Å². The highest BCUT2D eigenvalue weighted by Gasteiger charge is 2.31. The second kappa shape index (κ2) is 5.43. The molecule has 1 aromatic carbocycles. The van der Waals surface area contributed by atoms with Gasteiger partial charge in [0.2, 0.25) is 0 Å². The summed E-state index contributed by atoms with van der Waals surface area (Å²) in [6, 6.07) is 7.04. The molecule has 0 N–H and O–H groups in total. The zero-order valence-electron chi connectivity index (χ0n) is 11.2. The Hall–Kier alpha value is -0.830. The predicted molar refractivity (Wildman–Crippen MR) is 79.4 cm³/mol. The van der Waals surface area contributed by atoms with Crippen LogP contribution in [0.4, 0.5) is 5.69 Å². The highest BCUT2D eigenvalue weighted by Crippen LogP contribution is 2.35. The average molecular weight is 310 g/mol. The third-order valence-corrected chi connectivity index (χ3v) is 4.37. The zero-order chi connectivity index (χ0) is 13.3. The first-order valence-electron chi connectivity index (χ1n) is 6.63. The number of hydrogen-bond donors (Lipinski definition) is 0. The summed E-state index contributed by atoms with van der Waals surface area (Å²) in [7, 11) is 0. The summed E-state index contributed by atoms with van der Waals surface area (Å²) in [6.07, 6.45) is 3.57. The average Bonchev–Trinajstić information content (AvgIpc) is 2.69. The Morgan fingerprint density at radius 1 is 1.44 bits per heavy atom. The molecule has 0 aromatic heterocycles. The number of ketones is 1. The molecule has 1 aromatic rings. The fourth-order valence-corrected chi connectivity index (χ4v) is 3.27. The Labute approximate surface area is 117 Å². The van der Waals surface area contributed by atoms with Crippen LogP contribution in [0, 0.1) is 0 Å².